The van der Waals surface area contributed by atoms with E-state index < -0.39 is 0 Å². The molecule has 5 heteroatoms. The summed E-state index contributed by atoms with van der Waals surface area (Å²) in [5.41, 5.74) is 6.84. The molecule has 0 saturated carbocycles. The van der Waals surface area contributed by atoms with E-state index in [-0.39, 0.29) is 0 Å². The van der Waals surface area contributed by atoms with E-state index >= 15 is 0 Å². The first kappa shape index (κ1) is 12.1. The van der Waals surface area contributed by atoms with Gasteiger partial charge in [-0.3, -0.25) is 0 Å². The van der Waals surface area contributed by atoms with E-state index in [0.29, 0.717) is 11.7 Å². The Morgan fingerprint density at radius 3 is 2.88 bits per heavy atom. The first-order valence-corrected chi connectivity index (χ1v) is 6.22. The average Bonchev–Trinajstić information content (AvgIpc) is 2.37. The minimum Gasteiger partial charge on any atom is -0.383 e. The topological polar surface area (TPSA) is 73.1 Å². The fraction of sp³-hybridized carbons (Fsp3) is 0.667. The SMILES string of the molecule is CCc1c(N)ncnc1NCC1CCOCC1. The Bertz CT molecular complexity index is 364. The highest BCUT2D eigenvalue weighted by Crippen LogP contribution is 2.20. The average molecular weight is 236 g/mol. The maximum absolute atomic E-state index is 5.83. The zero-order valence-corrected chi connectivity index (χ0v) is 10.3. The van der Waals surface area contributed by atoms with Gasteiger partial charge in [-0.2, -0.15) is 0 Å². The number of anilines is 2. The molecule has 0 spiro atoms. The zero-order chi connectivity index (χ0) is 12.1. The van der Waals surface area contributed by atoms with Gasteiger partial charge < -0.3 is 15.8 Å². The maximum Gasteiger partial charge on any atom is 0.134 e. The van der Waals surface area contributed by atoms with Crippen molar-refractivity contribution in [2.24, 2.45) is 5.92 Å². The normalized spacial score (nSPS) is 17.0. The summed E-state index contributed by atoms with van der Waals surface area (Å²) in [7, 11) is 0. The molecule has 2 heterocycles. The number of hydrogen-bond donors (Lipinski definition) is 2. The lowest BCUT2D eigenvalue weighted by Gasteiger charge is -2.23. The minimum absolute atomic E-state index is 0.581. The van der Waals surface area contributed by atoms with Crippen LogP contribution in [-0.2, 0) is 11.2 Å². The summed E-state index contributed by atoms with van der Waals surface area (Å²) in [6.07, 6.45) is 4.60. The number of aromatic nitrogens is 2. The van der Waals surface area contributed by atoms with E-state index in [2.05, 4.69) is 22.2 Å². The number of nitrogen functional groups attached to an aromatic ring is 1. The largest absolute Gasteiger partial charge is 0.383 e. The second kappa shape index (κ2) is 5.82. The monoisotopic (exact) mass is 236 g/mol. The Balaban J connectivity index is 1.95. The van der Waals surface area contributed by atoms with Crippen LogP contribution in [0.4, 0.5) is 11.6 Å². The van der Waals surface area contributed by atoms with Gasteiger partial charge in [0.2, 0.25) is 0 Å². The number of rotatable bonds is 4. The van der Waals surface area contributed by atoms with Gasteiger partial charge in [0.1, 0.15) is 18.0 Å². The number of ether oxygens (including phenoxy) is 1. The molecule has 1 aromatic rings. The van der Waals surface area contributed by atoms with Crippen molar-refractivity contribution >= 4 is 11.6 Å². The Kier molecular flexibility index (Phi) is 4.14. The van der Waals surface area contributed by atoms with Crippen molar-refractivity contribution < 1.29 is 4.74 Å². The van der Waals surface area contributed by atoms with Crippen LogP contribution in [0.25, 0.3) is 0 Å². The number of nitrogens with zero attached hydrogens (tertiary/aromatic N) is 2. The smallest absolute Gasteiger partial charge is 0.134 e. The standard InChI is InChI=1S/C12H20N4O/c1-2-10-11(13)15-8-16-12(10)14-7-9-3-5-17-6-4-9/h8-9H,2-7H2,1H3,(H3,13,14,15,16). The Labute approximate surface area is 102 Å². The molecular weight excluding hydrogens is 216 g/mol. The molecule has 1 aliphatic heterocycles. The van der Waals surface area contributed by atoms with Gasteiger partial charge in [-0.1, -0.05) is 6.92 Å². The van der Waals surface area contributed by atoms with Crippen LogP contribution in [0.15, 0.2) is 6.33 Å². The molecule has 0 unspecified atom stereocenters. The molecule has 2 rings (SSSR count). The van der Waals surface area contributed by atoms with Crippen LogP contribution in [0.5, 0.6) is 0 Å². The van der Waals surface area contributed by atoms with Crippen molar-refractivity contribution in [2.45, 2.75) is 26.2 Å². The summed E-state index contributed by atoms with van der Waals surface area (Å²) in [5, 5.41) is 3.39. The van der Waals surface area contributed by atoms with E-state index in [4.69, 9.17) is 10.5 Å². The van der Waals surface area contributed by atoms with E-state index in [9.17, 15) is 0 Å². The summed E-state index contributed by atoms with van der Waals surface area (Å²) < 4.78 is 5.34. The van der Waals surface area contributed by atoms with Gasteiger partial charge in [-0.15, -0.1) is 0 Å². The molecule has 1 fully saturated rings. The maximum atomic E-state index is 5.83. The fourth-order valence-electron chi connectivity index (χ4n) is 2.12. The molecule has 3 N–H and O–H groups in total. The van der Waals surface area contributed by atoms with Gasteiger partial charge in [-0.25, -0.2) is 9.97 Å². The van der Waals surface area contributed by atoms with Gasteiger partial charge in [0.05, 0.1) is 0 Å². The van der Waals surface area contributed by atoms with Crippen LogP contribution in [0, 0.1) is 5.92 Å². The van der Waals surface area contributed by atoms with E-state index in [1.807, 2.05) is 0 Å². The summed E-state index contributed by atoms with van der Waals surface area (Å²) in [4.78, 5) is 8.27. The van der Waals surface area contributed by atoms with Crippen molar-refractivity contribution in [3.8, 4) is 0 Å². The van der Waals surface area contributed by atoms with Crippen molar-refractivity contribution in [3.05, 3.63) is 11.9 Å². The molecule has 0 aliphatic carbocycles. The Hall–Kier alpha value is -1.36. The Morgan fingerprint density at radius 2 is 2.18 bits per heavy atom. The van der Waals surface area contributed by atoms with Gasteiger partial charge in [-0.05, 0) is 25.2 Å². The molecule has 1 aromatic heterocycles. The molecule has 0 bridgehead atoms. The minimum atomic E-state index is 0.581. The van der Waals surface area contributed by atoms with Crippen LogP contribution >= 0.6 is 0 Å². The lowest BCUT2D eigenvalue weighted by atomic mass is 10.0. The first-order valence-electron chi connectivity index (χ1n) is 6.22. The van der Waals surface area contributed by atoms with Crippen molar-refractivity contribution in [1.29, 1.82) is 0 Å². The molecule has 94 valence electrons. The van der Waals surface area contributed by atoms with Gasteiger partial charge >= 0.3 is 0 Å². The molecule has 5 nitrogen and oxygen atoms in total. The number of nitrogens with two attached hydrogens (primary N) is 1. The molecule has 0 atom stereocenters. The highest BCUT2D eigenvalue weighted by atomic mass is 16.5. The molecule has 1 saturated heterocycles. The third kappa shape index (κ3) is 3.06. The summed E-state index contributed by atoms with van der Waals surface area (Å²) >= 11 is 0. The number of nitrogens with one attached hydrogen (secondary N) is 1. The van der Waals surface area contributed by atoms with Crippen molar-refractivity contribution in [2.75, 3.05) is 30.8 Å². The fourth-order valence-corrected chi connectivity index (χ4v) is 2.12. The van der Waals surface area contributed by atoms with Gasteiger partial charge in [0.25, 0.3) is 0 Å². The van der Waals surface area contributed by atoms with Crippen molar-refractivity contribution in [1.82, 2.24) is 9.97 Å². The van der Waals surface area contributed by atoms with E-state index in [0.717, 1.165) is 50.4 Å². The summed E-state index contributed by atoms with van der Waals surface area (Å²) in [6, 6.07) is 0. The highest BCUT2D eigenvalue weighted by Gasteiger charge is 2.14. The zero-order valence-electron chi connectivity index (χ0n) is 10.3. The molecule has 0 radical (unpaired) electrons. The third-order valence-corrected chi connectivity index (χ3v) is 3.23. The lowest BCUT2D eigenvalue weighted by molar-refractivity contribution is 0.0699. The summed E-state index contributed by atoms with van der Waals surface area (Å²) in [5.74, 6) is 2.13. The third-order valence-electron chi connectivity index (χ3n) is 3.23. The summed E-state index contributed by atoms with van der Waals surface area (Å²) in [6.45, 7) is 4.75. The van der Waals surface area contributed by atoms with Crippen LogP contribution in [0.3, 0.4) is 0 Å². The van der Waals surface area contributed by atoms with E-state index in [1.54, 1.807) is 0 Å². The molecule has 0 amide bonds. The predicted molar refractivity (Wildman–Crippen MR) is 67.9 cm³/mol. The Morgan fingerprint density at radius 1 is 1.41 bits per heavy atom. The van der Waals surface area contributed by atoms with Crippen LogP contribution in [0.2, 0.25) is 0 Å². The number of hydrogen-bond acceptors (Lipinski definition) is 5. The second-order valence-corrected chi connectivity index (χ2v) is 4.38. The van der Waals surface area contributed by atoms with Gasteiger partial charge in [0.15, 0.2) is 0 Å². The first-order chi connectivity index (χ1) is 8.31. The van der Waals surface area contributed by atoms with E-state index in [1.165, 1.54) is 6.33 Å². The van der Waals surface area contributed by atoms with Crippen molar-refractivity contribution in [3.63, 3.8) is 0 Å². The van der Waals surface area contributed by atoms with Crippen LogP contribution in [-0.4, -0.2) is 29.7 Å². The molecule has 17 heavy (non-hydrogen) atoms. The lowest BCUT2D eigenvalue weighted by Crippen LogP contribution is -2.23. The van der Waals surface area contributed by atoms with Crippen LogP contribution in [0.1, 0.15) is 25.3 Å². The molecule has 1 aliphatic rings. The molecule has 0 aromatic carbocycles. The van der Waals surface area contributed by atoms with Gasteiger partial charge in [0, 0.05) is 25.3 Å². The predicted octanol–water partition coefficient (Wildman–Crippen LogP) is 1.46. The highest BCUT2D eigenvalue weighted by molar-refractivity contribution is 5.54. The van der Waals surface area contributed by atoms with Crippen LogP contribution < -0.4 is 11.1 Å². The molecular formula is C12H20N4O. The quantitative estimate of drug-likeness (QED) is 0.828. The second-order valence-electron chi connectivity index (χ2n) is 4.38.